The summed E-state index contributed by atoms with van der Waals surface area (Å²) in [6.07, 6.45) is 5.64. The number of carbonyl (C=O) groups excluding carboxylic acids is 1. The number of amides is 1. The molecule has 1 N–H and O–H groups in total. The van der Waals surface area contributed by atoms with Gasteiger partial charge >= 0.3 is 0 Å². The van der Waals surface area contributed by atoms with Gasteiger partial charge in [0, 0.05) is 31.4 Å². The second-order valence-corrected chi connectivity index (χ2v) is 10.8. The van der Waals surface area contributed by atoms with Crippen molar-refractivity contribution < 1.29 is 18.1 Å². The van der Waals surface area contributed by atoms with E-state index >= 15 is 0 Å². The van der Waals surface area contributed by atoms with E-state index in [1.165, 1.54) is 11.8 Å². The van der Waals surface area contributed by atoms with E-state index in [0.29, 0.717) is 30.4 Å². The second kappa shape index (κ2) is 11.5. The van der Waals surface area contributed by atoms with Crippen molar-refractivity contribution in [3.05, 3.63) is 87.7 Å². The minimum atomic E-state index is -4.23. The molecule has 1 fully saturated rings. The number of piperidine rings is 1. The van der Waals surface area contributed by atoms with Gasteiger partial charge in [-0.25, -0.2) is 23.1 Å². The van der Waals surface area contributed by atoms with E-state index in [1.54, 1.807) is 0 Å². The van der Waals surface area contributed by atoms with Crippen LogP contribution < -0.4 is 9.62 Å². The van der Waals surface area contributed by atoms with Crippen LogP contribution >= 0.6 is 0 Å². The van der Waals surface area contributed by atoms with Crippen LogP contribution in [0.5, 0.6) is 0 Å². The predicted octanol–water partition coefficient (Wildman–Crippen LogP) is 3.92. The average molecular weight is 524 g/mol. The van der Waals surface area contributed by atoms with Gasteiger partial charge in [0.15, 0.2) is 0 Å². The Morgan fingerprint density at radius 2 is 1.78 bits per heavy atom. The molecule has 2 heterocycles. The summed E-state index contributed by atoms with van der Waals surface area (Å²) in [6.45, 7) is 3.57. The van der Waals surface area contributed by atoms with E-state index in [1.807, 2.05) is 17.7 Å². The number of anilines is 1. The third-order valence-corrected chi connectivity index (χ3v) is 7.78. The number of hydrogen-bond acceptors (Lipinski definition) is 8. The highest BCUT2D eigenvalue weighted by Crippen LogP contribution is 2.25. The summed E-state index contributed by atoms with van der Waals surface area (Å²) in [5.74, 6) is 0.287. The maximum Gasteiger partial charge on any atom is 0.269 e. The minimum Gasteiger partial charge on any atom is -0.341 e. The number of non-ortho nitro benzene ring substituents is 1. The molecule has 1 amide bonds. The molecule has 194 valence electrons. The van der Waals surface area contributed by atoms with E-state index < -0.39 is 20.9 Å². The van der Waals surface area contributed by atoms with E-state index in [-0.39, 0.29) is 16.1 Å². The number of hydrogen-bond donors (Lipinski definition) is 1. The lowest BCUT2D eigenvalue weighted by Crippen LogP contribution is -2.36. The van der Waals surface area contributed by atoms with Crippen LogP contribution in [0.25, 0.3) is 0 Å². The fourth-order valence-electron chi connectivity index (χ4n) is 4.44. The maximum atomic E-state index is 12.9. The summed E-state index contributed by atoms with van der Waals surface area (Å²) in [5, 5.41) is 10.8. The smallest absolute Gasteiger partial charge is 0.269 e. The topological polar surface area (TPSA) is 135 Å². The first-order valence-electron chi connectivity index (χ1n) is 12.2. The molecule has 1 aliphatic heterocycles. The number of nitrogens with one attached hydrogen (secondary N) is 1. The van der Waals surface area contributed by atoms with Gasteiger partial charge in [-0.3, -0.25) is 14.9 Å². The molecule has 37 heavy (non-hydrogen) atoms. The minimum absolute atomic E-state index is 0.0926. The molecule has 0 unspecified atom stereocenters. The van der Waals surface area contributed by atoms with Gasteiger partial charge in [-0.15, -0.1) is 0 Å². The fraction of sp³-hybridized carbons (Fsp3) is 0.346. The van der Waals surface area contributed by atoms with E-state index in [4.69, 9.17) is 0 Å². The summed E-state index contributed by atoms with van der Waals surface area (Å²) >= 11 is 0. The zero-order valence-corrected chi connectivity index (χ0v) is 21.4. The van der Waals surface area contributed by atoms with Gasteiger partial charge < -0.3 is 4.90 Å². The molecule has 0 saturated carbocycles. The quantitative estimate of drug-likeness (QED) is 0.329. The first-order chi connectivity index (χ1) is 17.8. The van der Waals surface area contributed by atoms with Gasteiger partial charge in [-0.05, 0) is 49.3 Å². The van der Waals surface area contributed by atoms with Crippen molar-refractivity contribution in [1.82, 2.24) is 14.7 Å². The van der Waals surface area contributed by atoms with Gasteiger partial charge in [0.1, 0.15) is 0 Å². The van der Waals surface area contributed by atoms with E-state index in [2.05, 4.69) is 39.1 Å². The van der Waals surface area contributed by atoms with Gasteiger partial charge in [0.05, 0.1) is 21.1 Å². The normalized spacial score (nSPS) is 14.4. The Kier molecular flexibility index (Phi) is 8.12. The van der Waals surface area contributed by atoms with Gasteiger partial charge in [0.2, 0.25) is 5.95 Å². The van der Waals surface area contributed by atoms with Crippen molar-refractivity contribution >= 4 is 27.6 Å². The molecule has 0 bridgehead atoms. The average Bonchev–Trinajstić information content (AvgIpc) is 2.89. The molecule has 2 aromatic carbocycles. The van der Waals surface area contributed by atoms with Crippen LogP contribution in [-0.4, -0.2) is 42.3 Å². The summed E-state index contributed by atoms with van der Waals surface area (Å²) < 4.78 is 27.4. The number of aromatic nitrogens is 2. The van der Waals surface area contributed by atoms with E-state index in [0.717, 1.165) is 56.6 Å². The Morgan fingerprint density at radius 1 is 1.11 bits per heavy atom. The molecular weight excluding hydrogens is 494 g/mol. The van der Waals surface area contributed by atoms with Crippen molar-refractivity contribution in [2.75, 3.05) is 18.0 Å². The number of nitro groups is 1. The Hall–Kier alpha value is -3.86. The first-order valence-corrected chi connectivity index (χ1v) is 13.7. The first kappa shape index (κ1) is 26.2. The highest BCUT2D eigenvalue weighted by atomic mass is 32.2. The van der Waals surface area contributed by atoms with Gasteiger partial charge in [-0.1, -0.05) is 43.7 Å². The summed E-state index contributed by atoms with van der Waals surface area (Å²) in [6, 6.07) is 14.8. The lowest BCUT2D eigenvalue weighted by Gasteiger charge is -2.32. The summed E-state index contributed by atoms with van der Waals surface area (Å²) in [7, 11) is -4.23. The van der Waals surface area contributed by atoms with Crippen molar-refractivity contribution in [2.45, 2.75) is 43.9 Å². The van der Waals surface area contributed by atoms with Crippen LogP contribution in [-0.2, 0) is 22.9 Å². The lowest BCUT2D eigenvalue weighted by atomic mass is 9.90. The van der Waals surface area contributed by atoms with E-state index in [9.17, 15) is 23.3 Å². The molecule has 10 nitrogen and oxygen atoms in total. The molecule has 3 aromatic rings. The summed E-state index contributed by atoms with van der Waals surface area (Å²) in [5.41, 5.74) is 1.66. The Balaban J connectivity index is 1.45. The zero-order chi connectivity index (χ0) is 26.4. The van der Waals surface area contributed by atoms with Crippen molar-refractivity contribution in [3.63, 3.8) is 0 Å². The van der Waals surface area contributed by atoms with Crippen molar-refractivity contribution in [1.29, 1.82) is 0 Å². The standard InChI is InChI=1S/C26H29N5O5S/c1-2-6-24-23(25(32)29-37(35,36)22-11-9-21(10-12-22)31(33)34)18-27-26(28-24)30-15-13-20(14-16-30)17-19-7-4-3-5-8-19/h3-5,7-12,18,20H,2,6,13-17H2,1H3,(H,29,32). The van der Waals surface area contributed by atoms with Crippen molar-refractivity contribution in [2.24, 2.45) is 5.92 Å². The Labute approximate surface area is 216 Å². The molecule has 0 spiro atoms. The molecule has 0 radical (unpaired) electrons. The monoisotopic (exact) mass is 523 g/mol. The third kappa shape index (κ3) is 6.48. The molecule has 1 aromatic heterocycles. The molecule has 4 rings (SSSR count). The van der Waals surface area contributed by atoms with Crippen LogP contribution in [0, 0.1) is 16.0 Å². The molecule has 1 aliphatic rings. The van der Waals surface area contributed by atoms with Crippen LogP contribution in [0.4, 0.5) is 11.6 Å². The number of aryl methyl sites for hydroxylation is 1. The number of nitro benzene ring substituents is 1. The zero-order valence-electron chi connectivity index (χ0n) is 20.5. The van der Waals surface area contributed by atoms with Crippen LogP contribution in [0.3, 0.4) is 0 Å². The highest BCUT2D eigenvalue weighted by molar-refractivity contribution is 7.90. The second-order valence-electron chi connectivity index (χ2n) is 9.09. The van der Waals surface area contributed by atoms with Crippen LogP contribution in [0.15, 0.2) is 65.7 Å². The highest BCUT2D eigenvalue weighted by Gasteiger charge is 2.25. The number of sulfonamides is 1. The summed E-state index contributed by atoms with van der Waals surface area (Å²) in [4.78, 5) is 34.0. The molecule has 1 saturated heterocycles. The number of rotatable bonds is 9. The third-order valence-electron chi connectivity index (χ3n) is 6.44. The van der Waals surface area contributed by atoms with Crippen LogP contribution in [0.1, 0.15) is 47.8 Å². The SMILES string of the molecule is CCCc1nc(N2CCC(Cc3ccccc3)CC2)ncc1C(=O)NS(=O)(=O)c1ccc([N+](=O)[O-])cc1. The van der Waals surface area contributed by atoms with Crippen LogP contribution in [0.2, 0.25) is 0 Å². The Morgan fingerprint density at radius 3 is 2.41 bits per heavy atom. The Bertz CT molecular complexity index is 1360. The molecule has 0 atom stereocenters. The number of benzene rings is 2. The van der Waals surface area contributed by atoms with Gasteiger partial charge in [-0.2, -0.15) is 0 Å². The largest absolute Gasteiger partial charge is 0.341 e. The number of nitrogens with zero attached hydrogens (tertiary/aromatic N) is 4. The fourth-order valence-corrected chi connectivity index (χ4v) is 5.41. The number of carbonyl (C=O) groups is 1. The lowest BCUT2D eigenvalue weighted by molar-refractivity contribution is -0.384. The predicted molar refractivity (Wildman–Crippen MR) is 139 cm³/mol. The molecule has 0 aliphatic carbocycles. The van der Waals surface area contributed by atoms with Crippen molar-refractivity contribution in [3.8, 4) is 0 Å². The molecule has 11 heteroatoms. The van der Waals surface area contributed by atoms with Gasteiger partial charge in [0.25, 0.3) is 21.6 Å². The maximum absolute atomic E-state index is 12.9. The molecular formula is C26H29N5O5S.